The van der Waals surface area contributed by atoms with Gasteiger partial charge < -0.3 is 10.1 Å². The van der Waals surface area contributed by atoms with Crippen LogP contribution in [-0.2, 0) is 14.3 Å². The maximum absolute atomic E-state index is 12.3. The fourth-order valence-corrected chi connectivity index (χ4v) is 3.20. The van der Waals surface area contributed by atoms with Crippen molar-refractivity contribution in [2.75, 3.05) is 6.61 Å². The molecule has 1 heterocycles. The first kappa shape index (κ1) is 17.2. The van der Waals surface area contributed by atoms with E-state index >= 15 is 0 Å². The largest absolute Gasteiger partial charge is 0.456 e. The molecule has 1 fully saturated rings. The Kier molecular flexibility index (Phi) is 5.19. The molecule has 1 N–H and O–H groups in total. The van der Waals surface area contributed by atoms with Gasteiger partial charge in [0.05, 0.1) is 0 Å². The van der Waals surface area contributed by atoms with Crippen molar-refractivity contribution in [2.45, 2.75) is 46.6 Å². The molecule has 0 aliphatic carbocycles. The Bertz CT molecular complexity index is 627. The number of carbonyl (C=O) groups excluding carboxylic acids is 3. The van der Waals surface area contributed by atoms with Crippen LogP contribution in [0.15, 0.2) is 12.1 Å². The second kappa shape index (κ2) is 6.94. The zero-order valence-corrected chi connectivity index (χ0v) is 14.1. The quantitative estimate of drug-likeness (QED) is 0.683. The van der Waals surface area contributed by atoms with Crippen molar-refractivity contribution in [3.63, 3.8) is 0 Å². The van der Waals surface area contributed by atoms with Crippen molar-refractivity contribution >= 4 is 17.7 Å². The number of piperidine rings is 1. The molecule has 1 aromatic rings. The van der Waals surface area contributed by atoms with Crippen molar-refractivity contribution in [1.29, 1.82) is 0 Å². The van der Waals surface area contributed by atoms with E-state index in [4.69, 9.17) is 4.74 Å². The van der Waals surface area contributed by atoms with Crippen molar-refractivity contribution in [1.82, 2.24) is 5.32 Å². The van der Waals surface area contributed by atoms with Gasteiger partial charge in [-0.2, -0.15) is 0 Å². The number of hydrogen-bond donors (Lipinski definition) is 1. The lowest BCUT2D eigenvalue weighted by Gasteiger charge is -2.26. The molecule has 0 aromatic heterocycles. The molecular weight excluding hydrogens is 294 g/mol. The van der Waals surface area contributed by atoms with Gasteiger partial charge in [0.1, 0.15) is 6.04 Å². The first-order valence-corrected chi connectivity index (χ1v) is 7.85. The molecule has 2 atom stereocenters. The van der Waals surface area contributed by atoms with Crippen LogP contribution >= 0.6 is 0 Å². The second-order valence-electron chi connectivity index (χ2n) is 6.47. The number of amides is 1. The summed E-state index contributed by atoms with van der Waals surface area (Å²) in [4.78, 5) is 35.9. The lowest BCUT2D eigenvalue weighted by molar-refractivity contribution is -0.148. The molecule has 0 unspecified atom stereocenters. The summed E-state index contributed by atoms with van der Waals surface area (Å²) in [6, 6.07) is 3.22. The first-order chi connectivity index (χ1) is 10.8. The van der Waals surface area contributed by atoms with Gasteiger partial charge in [-0.05, 0) is 44.2 Å². The maximum Gasteiger partial charge on any atom is 0.329 e. The van der Waals surface area contributed by atoms with Crippen LogP contribution in [0.3, 0.4) is 0 Å². The third-order valence-electron chi connectivity index (χ3n) is 4.09. The molecule has 0 spiro atoms. The molecule has 0 saturated carbocycles. The summed E-state index contributed by atoms with van der Waals surface area (Å²) in [7, 11) is 0. The lowest BCUT2D eigenvalue weighted by Crippen LogP contribution is -2.47. The van der Waals surface area contributed by atoms with E-state index in [-0.39, 0.29) is 24.2 Å². The van der Waals surface area contributed by atoms with Crippen molar-refractivity contribution in [3.8, 4) is 0 Å². The zero-order chi connectivity index (χ0) is 17.1. The highest BCUT2D eigenvalue weighted by molar-refractivity contribution is 6.00. The van der Waals surface area contributed by atoms with Crippen LogP contribution in [0, 0.1) is 26.7 Å². The molecule has 1 aliphatic rings. The van der Waals surface area contributed by atoms with Gasteiger partial charge >= 0.3 is 5.97 Å². The van der Waals surface area contributed by atoms with Crippen LogP contribution in [0.25, 0.3) is 0 Å². The summed E-state index contributed by atoms with van der Waals surface area (Å²) in [5.74, 6) is -0.773. The highest BCUT2D eigenvalue weighted by Gasteiger charge is 2.30. The van der Waals surface area contributed by atoms with Gasteiger partial charge in [-0.15, -0.1) is 0 Å². The Morgan fingerprint density at radius 2 is 1.83 bits per heavy atom. The standard InChI is InChI=1S/C18H23NO4/c1-10-5-12(3)17(13(4)6-10)15(20)9-23-18(22)14-7-11(2)8-16(21)19-14/h5-6,11,14H,7-9H2,1-4H3,(H,19,21)/t11-,14-/m1/s1. The third-order valence-corrected chi connectivity index (χ3v) is 4.09. The second-order valence-corrected chi connectivity index (χ2v) is 6.47. The number of nitrogens with one attached hydrogen (secondary N) is 1. The summed E-state index contributed by atoms with van der Waals surface area (Å²) in [5.41, 5.74) is 3.45. The van der Waals surface area contributed by atoms with Crippen LogP contribution in [-0.4, -0.2) is 30.3 Å². The summed E-state index contributed by atoms with van der Waals surface area (Å²) >= 11 is 0. The minimum Gasteiger partial charge on any atom is -0.456 e. The monoisotopic (exact) mass is 317 g/mol. The number of ketones is 1. The van der Waals surface area contributed by atoms with Crippen LogP contribution in [0.5, 0.6) is 0 Å². The number of Topliss-reactive ketones (excluding diaryl/α,β-unsaturated/α-hetero) is 1. The van der Waals surface area contributed by atoms with Gasteiger partial charge in [-0.3, -0.25) is 9.59 Å². The summed E-state index contributed by atoms with van der Waals surface area (Å²) in [5, 5.41) is 2.62. The smallest absolute Gasteiger partial charge is 0.329 e. The molecule has 2 rings (SSSR count). The van der Waals surface area contributed by atoms with Gasteiger partial charge in [-0.1, -0.05) is 24.6 Å². The SMILES string of the molecule is Cc1cc(C)c(C(=O)COC(=O)[C@H]2C[C@@H](C)CC(=O)N2)c(C)c1. The summed E-state index contributed by atoms with van der Waals surface area (Å²) in [6.45, 7) is 7.34. The molecule has 0 bridgehead atoms. The number of benzene rings is 1. The number of ether oxygens (including phenoxy) is 1. The molecule has 1 saturated heterocycles. The van der Waals surface area contributed by atoms with Gasteiger partial charge in [0.25, 0.3) is 0 Å². The zero-order valence-electron chi connectivity index (χ0n) is 14.1. The minimum atomic E-state index is -0.653. The predicted molar refractivity (Wildman–Crippen MR) is 86.3 cm³/mol. The topological polar surface area (TPSA) is 72.5 Å². The van der Waals surface area contributed by atoms with E-state index < -0.39 is 12.0 Å². The minimum absolute atomic E-state index is 0.138. The Hall–Kier alpha value is -2.17. The molecule has 1 aromatic carbocycles. The molecule has 5 heteroatoms. The average molecular weight is 317 g/mol. The molecule has 0 radical (unpaired) electrons. The van der Waals surface area contributed by atoms with Crippen molar-refractivity contribution < 1.29 is 19.1 Å². The number of rotatable bonds is 4. The average Bonchev–Trinajstić information content (AvgIpc) is 2.42. The Morgan fingerprint density at radius 1 is 1.22 bits per heavy atom. The maximum atomic E-state index is 12.3. The molecule has 5 nitrogen and oxygen atoms in total. The Balaban J connectivity index is 1.99. The lowest BCUT2D eigenvalue weighted by atomic mass is 9.94. The van der Waals surface area contributed by atoms with E-state index in [1.165, 1.54) is 0 Å². The normalized spacial score (nSPS) is 20.8. The van der Waals surface area contributed by atoms with Gasteiger partial charge in [0.15, 0.2) is 6.61 Å². The van der Waals surface area contributed by atoms with Crippen LogP contribution in [0.4, 0.5) is 0 Å². The number of hydrogen-bond acceptors (Lipinski definition) is 4. The van der Waals surface area contributed by atoms with Gasteiger partial charge in [0, 0.05) is 12.0 Å². The fraction of sp³-hybridized carbons (Fsp3) is 0.500. The Labute approximate surface area is 136 Å². The highest BCUT2D eigenvalue weighted by atomic mass is 16.5. The third kappa shape index (κ3) is 4.18. The molecular formula is C18H23NO4. The van der Waals surface area contributed by atoms with E-state index in [1.807, 2.05) is 39.8 Å². The van der Waals surface area contributed by atoms with Crippen LogP contribution < -0.4 is 5.32 Å². The summed E-state index contributed by atoms with van der Waals surface area (Å²) < 4.78 is 5.13. The molecule has 1 aliphatic heterocycles. The molecule has 23 heavy (non-hydrogen) atoms. The van der Waals surface area contributed by atoms with E-state index in [1.54, 1.807) is 0 Å². The van der Waals surface area contributed by atoms with Crippen molar-refractivity contribution in [2.24, 2.45) is 5.92 Å². The number of aryl methyl sites for hydroxylation is 3. The Morgan fingerprint density at radius 3 is 2.39 bits per heavy atom. The van der Waals surface area contributed by atoms with Crippen LogP contribution in [0.2, 0.25) is 0 Å². The van der Waals surface area contributed by atoms with E-state index in [0.29, 0.717) is 18.4 Å². The first-order valence-electron chi connectivity index (χ1n) is 7.85. The van der Waals surface area contributed by atoms with Gasteiger partial charge in [0.2, 0.25) is 11.7 Å². The van der Waals surface area contributed by atoms with Crippen LogP contribution in [0.1, 0.15) is 46.8 Å². The summed E-state index contributed by atoms with van der Waals surface area (Å²) in [6.07, 6.45) is 0.964. The number of carbonyl (C=O) groups is 3. The molecule has 1 amide bonds. The van der Waals surface area contributed by atoms with Gasteiger partial charge in [-0.25, -0.2) is 4.79 Å². The fourth-order valence-electron chi connectivity index (χ4n) is 3.20. The van der Waals surface area contributed by atoms with E-state index in [2.05, 4.69) is 5.32 Å². The molecule has 124 valence electrons. The predicted octanol–water partition coefficient (Wildman–Crippen LogP) is 2.25. The number of esters is 1. The van der Waals surface area contributed by atoms with Crippen molar-refractivity contribution in [3.05, 3.63) is 34.4 Å². The van der Waals surface area contributed by atoms with E-state index in [0.717, 1.165) is 16.7 Å². The highest BCUT2D eigenvalue weighted by Crippen LogP contribution is 2.19. The van der Waals surface area contributed by atoms with E-state index in [9.17, 15) is 14.4 Å².